The van der Waals surface area contributed by atoms with Gasteiger partial charge < -0.3 is 10.6 Å². The molecule has 0 spiro atoms. The summed E-state index contributed by atoms with van der Waals surface area (Å²) in [5, 5.41) is 5.99. The van der Waals surface area contributed by atoms with Gasteiger partial charge in [-0.25, -0.2) is 0 Å². The van der Waals surface area contributed by atoms with Crippen molar-refractivity contribution < 1.29 is 4.79 Å². The number of carbonyl (C=O) groups is 1. The molecule has 0 aromatic heterocycles. The van der Waals surface area contributed by atoms with E-state index in [-0.39, 0.29) is 12.5 Å². The molecule has 0 aliphatic heterocycles. The molecule has 21 heavy (non-hydrogen) atoms. The summed E-state index contributed by atoms with van der Waals surface area (Å²) in [6, 6.07) is 15.2. The lowest BCUT2D eigenvalue weighted by Gasteiger charge is -2.11. The normalized spacial score (nSPS) is 9.71. The van der Waals surface area contributed by atoms with E-state index >= 15 is 0 Å². The van der Waals surface area contributed by atoms with Crippen LogP contribution in [0.2, 0.25) is 0 Å². The van der Waals surface area contributed by atoms with Crippen LogP contribution in [0.4, 0.5) is 11.4 Å². The predicted octanol–water partition coefficient (Wildman–Crippen LogP) is 3.28. The van der Waals surface area contributed by atoms with Gasteiger partial charge in [0.05, 0.1) is 6.54 Å². The standard InChI is InChI=1S/C18H18N2O/c1-3-14-8-7-10-16(12-14)19-13-18(21)20-17-11-6-5-9-15(17)4-2/h1,5-12,19H,4,13H2,2H3,(H,20,21). The van der Waals surface area contributed by atoms with E-state index in [1.165, 1.54) is 0 Å². The van der Waals surface area contributed by atoms with Gasteiger partial charge in [0, 0.05) is 16.9 Å². The number of hydrogen-bond donors (Lipinski definition) is 2. The maximum absolute atomic E-state index is 12.0. The summed E-state index contributed by atoms with van der Waals surface area (Å²) >= 11 is 0. The molecule has 0 radical (unpaired) electrons. The third-order valence-corrected chi connectivity index (χ3v) is 3.15. The molecule has 0 heterocycles. The van der Waals surface area contributed by atoms with E-state index < -0.39 is 0 Å². The monoisotopic (exact) mass is 278 g/mol. The van der Waals surface area contributed by atoms with Crippen LogP contribution in [0, 0.1) is 12.3 Å². The molecule has 0 fully saturated rings. The average Bonchev–Trinajstić information content (AvgIpc) is 2.53. The summed E-state index contributed by atoms with van der Waals surface area (Å²) in [5.41, 5.74) is 3.62. The van der Waals surface area contributed by atoms with Crippen LogP contribution < -0.4 is 10.6 Å². The van der Waals surface area contributed by atoms with Crippen molar-refractivity contribution in [1.29, 1.82) is 0 Å². The van der Waals surface area contributed by atoms with E-state index in [0.717, 1.165) is 28.9 Å². The van der Waals surface area contributed by atoms with Gasteiger partial charge in [-0.05, 0) is 36.2 Å². The van der Waals surface area contributed by atoms with Gasteiger partial charge in [0.2, 0.25) is 5.91 Å². The van der Waals surface area contributed by atoms with Gasteiger partial charge in [0.15, 0.2) is 0 Å². The molecule has 3 nitrogen and oxygen atoms in total. The Labute approximate surface area is 125 Å². The Morgan fingerprint density at radius 3 is 2.76 bits per heavy atom. The molecule has 0 atom stereocenters. The third kappa shape index (κ3) is 4.12. The highest BCUT2D eigenvalue weighted by molar-refractivity contribution is 5.94. The Bertz CT molecular complexity index is 671. The van der Waals surface area contributed by atoms with Gasteiger partial charge in [-0.3, -0.25) is 4.79 Å². The van der Waals surface area contributed by atoms with E-state index in [1.807, 2.05) is 48.5 Å². The van der Waals surface area contributed by atoms with Crippen molar-refractivity contribution in [3.63, 3.8) is 0 Å². The first-order valence-corrected chi connectivity index (χ1v) is 6.91. The van der Waals surface area contributed by atoms with Crippen molar-refractivity contribution >= 4 is 17.3 Å². The van der Waals surface area contributed by atoms with E-state index in [9.17, 15) is 4.79 Å². The maximum atomic E-state index is 12.0. The van der Waals surface area contributed by atoms with Crippen molar-refractivity contribution in [3.05, 3.63) is 59.7 Å². The number of amides is 1. The highest BCUT2D eigenvalue weighted by Gasteiger charge is 2.05. The number of rotatable bonds is 5. The lowest BCUT2D eigenvalue weighted by Crippen LogP contribution is -2.22. The summed E-state index contributed by atoms with van der Waals surface area (Å²) in [6.45, 7) is 2.26. The van der Waals surface area contributed by atoms with E-state index in [0.29, 0.717) is 0 Å². The smallest absolute Gasteiger partial charge is 0.243 e. The molecule has 106 valence electrons. The number of nitrogens with one attached hydrogen (secondary N) is 2. The van der Waals surface area contributed by atoms with E-state index in [1.54, 1.807) is 0 Å². The second-order valence-corrected chi connectivity index (χ2v) is 4.64. The molecular weight excluding hydrogens is 260 g/mol. The van der Waals surface area contributed by atoms with Crippen molar-refractivity contribution in [2.75, 3.05) is 17.2 Å². The molecule has 2 aromatic carbocycles. The molecule has 0 unspecified atom stereocenters. The molecule has 2 rings (SSSR count). The summed E-state index contributed by atoms with van der Waals surface area (Å²) in [7, 11) is 0. The molecule has 3 heteroatoms. The Hall–Kier alpha value is -2.73. The number of para-hydroxylation sites is 1. The van der Waals surface area contributed by atoms with Crippen LogP contribution in [0.5, 0.6) is 0 Å². The van der Waals surface area contributed by atoms with Gasteiger partial charge >= 0.3 is 0 Å². The summed E-state index contributed by atoms with van der Waals surface area (Å²) in [4.78, 5) is 12.0. The minimum absolute atomic E-state index is 0.0815. The fourth-order valence-corrected chi connectivity index (χ4v) is 2.05. The molecule has 0 aliphatic carbocycles. The molecule has 0 aliphatic rings. The fraction of sp³-hybridized carbons (Fsp3) is 0.167. The van der Waals surface area contributed by atoms with Crippen molar-refractivity contribution in [2.24, 2.45) is 0 Å². The first-order valence-electron chi connectivity index (χ1n) is 6.91. The van der Waals surface area contributed by atoms with E-state index in [2.05, 4.69) is 23.5 Å². The average molecular weight is 278 g/mol. The second-order valence-electron chi connectivity index (χ2n) is 4.64. The van der Waals surface area contributed by atoms with Crippen molar-refractivity contribution in [1.82, 2.24) is 0 Å². The molecule has 0 saturated heterocycles. The molecule has 2 N–H and O–H groups in total. The Morgan fingerprint density at radius 1 is 1.19 bits per heavy atom. The Kier molecular flexibility index (Phi) is 5.00. The number of anilines is 2. The van der Waals surface area contributed by atoms with Crippen LogP contribution in [0.25, 0.3) is 0 Å². The lowest BCUT2D eigenvalue weighted by atomic mass is 10.1. The second kappa shape index (κ2) is 7.16. The van der Waals surface area contributed by atoms with Crippen LogP contribution >= 0.6 is 0 Å². The number of benzene rings is 2. The van der Waals surface area contributed by atoms with Gasteiger partial charge in [-0.15, -0.1) is 6.42 Å². The predicted molar refractivity (Wildman–Crippen MR) is 87.3 cm³/mol. The largest absolute Gasteiger partial charge is 0.376 e. The lowest BCUT2D eigenvalue weighted by molar-refractivity contribution is -0.114. The zero-order valence-electron chi connectivity index (χ0n) is 12.0. The zero-order valence-corrected chi connectivity index (χ0v) is 12.0. The minimum Gasteiger partial charge on any atom is -0.376 e. The summed E-state index contributed by atoms with van der Waals surface area (Å²) in [5.74, 6) is 2.49. The third-order valence-electron chi connectivity index (χ3n) is 3.15. The highest BCUT2D eigenvalue weighted by Crippen LogP contribution is 2.15. The molecule has 0 saturated carbocycles. The van der Waals surface area contributed by atoms with Crippen LogP contribution in [0.15, 0.2) is 48.5 Å². The molecule has 0 bridgehead atoms. The van der Waals surface area contributed by atoms with Crippen molar-refractivity contribution in [2.45, 2.75) is 13.3 Å². The zero-order chi connectivity index (χ0) is 15.1. The summed E-state index contributed by atoms with van der Waals surface area (Å²) in [6.07, 6.45) is 6.23. The number of terminal acetylenes is 1. The minimum atomic E-state index is -0.0815. The topological polar surface area (TPSA) is 41.1 Å². The van der Waals surface area contributed by atoms with Gasteiger partial charge in [0.25, 0.3) is 0 Å². The summed E-state index contributed by atoms with van der Waals surface area (Å²) < 4.78 is 0. The number of aryl methyl sites for hydroxylation is 1. The Morgan fingerprint density at radius 2 is 2.00 bits per heavy atom. The SMILES string of the molecule is C#Cc1cccc(NCC(=O)Nc2ccccc2CC)c1. The van der Waals surface area contributed by atoms with Gasteiger partial charge in [0.1, 0.15) is 0 Å². The van der Waals surface area contributed by atoms with Crippen LogP contribution in [-0.2, 0) is 11.2 Å². The molecule has 2 aromatic rings. The fourth-order valence-electron chi connectivity index (χ4n) is 2.05. The van der Waals surface area contributed by atoms with Gasteiger partial charge in [-0.2, -0.15) is 0 Å². The number of carbonyl (C=O) groups excluding carboxylic acids is 1. The van der Waals surface area contributed by atoms with Crippen LogP contribution in [0.3, 0.4) is 0 Å². The van der Waals surface area contributed by atoms with E-state index in [4.69, 9.17) is 6.42 Å². The maximum Gasteiger partial charge on any atom is 0.243 e. The Balaban J connectivity index is 1.94. The first kappa shape index (κ1) is 14.7. The molecule has 1 amide bonds. The molecular formula is C18H18N2O. The number of hydrogen-bond acceptors (Lipinski definition) is 2. The quantitative estimate of drug-likeness (QED) is 0.824. The van der Waals surface area contributed by atoms with Crippen molar-refractivity contribution in [3.8, 4) is 12.3 Å². The first-order chi connectivity index (χ1) is 10.2. The van der Waals surface area contributed by atoms with Crippen LogP contribution in [0.1, 0.15) is 18.1 Å². The van der Waals surface area contributed by atoms with Crippen LogP contribution in [-0.4, -0.2) is 12.5 Å². The van der Waals surface area contributed by atoms with Gasteiger partial charge in [-0.1, -0.05) is 37.1 Å². The highest BCUT2D eigenvalue weighted by atomic mass is 16.1.